The van der Waals surface area contributed by atoms with E-state index in [4.69, 9.17) is 5.11 Å². The first kappa shape index (κ1) is 10.2. The summed E-state index contributed by atoms with van der Waals surface area (Å²) in [6.07, 6.45) is 1.47. The number of hydrogen-bond acceptors (Lipinski definition) is 3. The highest BCUT2D eigenvalue weighted by molar-refractivity contribution is 5.84. The van der Waals surface area contributed by atoms with Crippen molar-refractivity contribution in [3.05, 3.63) is 36.3 Å². The molecular formula is C11H10N2O3. The lowest BCUT2D eigenvalue weighted by atomic mass is 10.1. The fraction of sp³-hybridized carbons (Fsp3) is 0.0909. The number of aromatic nitrogens is 2. The van der Waals surface area contributed by atoms with Crippen LogP contribution in [0.3, 0.4) is 0 Å². The van der Waals surface area contributed by atoms with Gasteiger partial charge in [0.05, 0.1) is 11.9 Å². The van der Waals surface area contributed by atoms with Crippen LogP contribution in [0.4, 0.5) is 0 Å². The molecule has 0 radical (unpaired) electrons. The van der Waals surface area contributed by atoms with Gasteiger partial charge in [0.15, 0.2) is 0 Å². The number of rotatable bonds is 2. The van der Waals surface area contributed by atoms with Crippen LogP contribution in [0, 0.1) is 0 Å². The van der Waals surface area contributed by atoms with Gasteiger partial charge in [-0.2, -0.15) is 0 Å². The van der Waals surface area contributed by atoms with Gasteiger partial charge in [0, 0.05) is 12.6 Å². The van der Waals surface area contributed by atoms with Crippen molar-refractivity contribution in [1.82, 2.24) is 9.55 Å². The third-order valence-corrected chi connectivity index (χ3v) is 2.32. The van der Waals surface area contributed by atoms with E-state index in [1.165, 1.54) is 10.8 Å². The second-order valence-electron chi connectivity index (χ2n) is 3.38. The molecular weight excluding hydrogens is 208 g/mol. The predicted molar refractivity (Wildman–Crippen MR) is 57.3 cm³/mol. The number of hydrogen-bond donors (Lipinski definition) is 2. The van der Waals surface area contributed by atoms with Crippen molar-refractivity contribution in [2.45, 2.75) is 0 Å². The quantitative estimate of drug-likeness (QED) is 0.800. The van der Waals surface area contributed by atoms with E-state index in [-0.39, 0.29) is 11.6 Å². The minimum Gasteiger partial charge on any atom is -0.508 e. The van der Waals surface area contributed by atoms with Crippen molar-refractivity contribution in [2.75, 3.05) is 0 Å². The molecule has 0 aliphatic carbocycles. The monoisotopic (exact) mass is 218 g/mol. The number of carboxylic acid groups (broad SMARTS) is 1. The molecule has 0 unspecified atom stereocenters. The van der Waals surface area contributed by atoms with Crippen LogP contribution in [-0.4, -0.2) is 25.7 Å². The summed E-state index contributed by atoms with van der Waals surface area (Å²) < 4.78 is 1.47. The lowest BCUT2D eigenvalue weighted by Gasteiger charge is -2.03. The largest absolute Gasteiger partial charge is 0.508 e. The standard InChI is InChI=1S/C11H10N2O3/c1-13-9(6-12-10(13)11(15)16)7-3-2-4-8(14)5-7/h2-6,14H,1H3,(H,15,16). The summed E-state index contributed by atoms with van der Waals surface area (Å²) in [4.78, 5) is 14.6. The highest BCUT2D eigenvalue weighted by Gasteiger charge is 2.13. The average Bonchev–Trinajstić information content (AvgIpc) is 2.60. The van der Waals surface area contributed by atoms with Crippen LogP contribution in [0.1, 0.15) is 10.6 Å². The highest BCUT2D eigenvalue weighted by atomic mass is 16.4. The first-order chi connectivity index (χ1) is 7.59. The number of phenolic OH excluding ortho intramolecular Hbond substituents is 1. The molecule has 5 nitrogen and oxygen atoms in total. The zero-order chi connectivity index (χ0) is 11.7. The molecule has 0 aliphatic rings. The van der Waals surface area contributed by atoms with Gasteiger partial charge in [-0.3, -0.25) is 0 Å². The molecule has 2 N–H and O–H groups in total. The number of aromatic carboxylic acids is 1. The number of carbonyl (C=O) groups is 1. The topological polar surface area (TPSA) is 75.3 Å². The highest BCUT2D eigenvalue weighted by Crippen LogP contribution is 2.23. The SMILES string of the molecule is Cn1c(-c2cccc(O)c2)cnc1C(=O)O. The molecule has 0 amide bonds. The van der Waals surface area contributed by atoms with Gasteiger partial charge < -0.3 is 14.8 Å². The van der Waals surface area contributed by atoms with E-state index in [0.29, 0.717) is 5.69 Å². The van der Waals surface area contributed by atoms with Gasteiger partial charge >= 0.3 is 5.97 Å². The number of carboxylic acids is 1. The van der Waals surface area contributed by atoms with E-state index in [9.17, 15) is 9.90 Å². The smallest absolute Gasteiger partial charge is 0.372 e. The van der Waals surface area contributed by atoms with Crippen LogP contribution >= 0.6 is 0 Å². The second kappa shape index (κ2) is 3.69. The first-order valence-electron chi connectivity index (χ1n) is 4.64. The summed E-state index contributed by atoms with van der Waals surface area (Å²) in [5.74, 6) is -0.970. The van der Waals surface area contributed by atoms with Crippen LogP contribution in [-0.2, 0) is 7.05 Å². The van der Waals surface area contributed by atoms with Crippen molar-refractivity contribution in [2.24, 2.45) is 7.05 Å². The number of imidazole rings is 1. The van der Waals surface area contributed by atoms with Crippen molar-refractivity contribution < 1.29 is 15.0 Å². The summed E-state index contributed by atoms with van der Waals surface area (Å²) in [6.45, 7) is 0. The van der Waals surface area contributed by atoms with Gasteiger partial charge in [-0.25, -0.2) is 9.78 Å². The maximum absolute atomic E-state index is 10.8. The summed E-state index contributed by atoms with van der Waals surface area (Å²) in [6, 6.07) is 6.58. The van der Waals surface area contributed by atoms with Crippen LogP contribution in [0.5, 0.6) is 5.75 Å². The minimum atomic E-state index is -1.08. The van der Waals surface area contributed by atoms with Crippen LogP contribution in [0.2, 0.25) is 0 Å². The summed E-state index contributed by atoms with van der Waals surface area (Å²) in [7, 11) is 1.62. The molecule has 0 spiro atoms. The Kier molecular flexibility index (Phi) is 2.36. The van der Waals surface area contributed by atoms with Crippen molar-refractivity contribution >= 4 is 5.97 Å². The van der Waals surface area contributed by atoms with Crippen molar-refractivity contribution in [3.8, 4) is 17.0 Å². The maximum atomic E-state index is 10.8. The van der Waals surface area contributed by atoms with E-state index in [0.717, 1.165) is 5.56 Å². The van der Waals surface area contributed by atoms with Gasteiger partial charge in [-0.1, -0.05) is 12.1 Å². The molecule has 0 bridgehead atoms. The normalized spacial score (nSPS) is 10.3. The fourth-order valence-corrected chi connectivity index (χ4v) is 1.54. The molecule has 1 aromatic carbocycles. The van der Waals surface area contributed by atoms with Gasteiger partial charge in [-0.05, 0) is 12.1 Å². The second-order valence-corrected chi connectivity index (χ2v) is 3.38. The van der Waals surface area contributed by atoms with E-state index >= 15 is 0 Å². The van der Waals surface area contributed by atoms with E-state index in [1.54, 1.807) is 31.3 Å². The Hall–Kier alpha value is -2.30. The van der Waals surface area contributed by atoms with Crippen molar-refractivity contribution in [1.29, 1.82) is 0 Å². The molecule has 2 aromatic rings. The predicted octanol–water partition coefficient (Wildman–Crippen LogP) is 1.49. The Morgan fingerprint density at radius 2 is 2.19 bits per heavy atom. The molecule has 82 valence electrons. The Morgan fingerprint density at radius 1 is 1.44 bits per heavy atom. The Labute approximate surface area is 91.6 Å². The third kappa shape index (κ3) is 1.63. The summed E-state index contributed by atoms with van der Waals surface area (Å²) in [5.41, 5.74) is 1.37. The number of phenols is 1. The molecule has 1 aromatic heterocycles. The molecule has 16 heavy (non-hydrogen) atoms. The summed E-state index contributed by atoms with van der Waals surface area (Å²) in [5, 5.41) is 18.2. The maximum Gasteiger partial charge on any atom is 0.372 e. The van der Waals surface area contributed by atoms with Crippen molar-refractivity contribution in [3.63, 3.8) is 0 Å². The Balaban J connectivity index is 2.53. The lowest BCUT2D eigenvalue weighted by molar-refractivity contribution is 0.0680. The van der Waals surface area contributed by atoms with E-state index in [1.807, 2.05) is 0 Å². The molecule has 0 saturated carbocycles. The minimum absolute atomic E-state index is 0.0293. The van der Waals surface area contributed by atoms with Crippen LogP contribution in [0.15, 0.2) is 30.5 Å². The van der Waals surface area contributed by atoms with Gasteiger partial charge in [0.25, 0.3) is 0 Å². The van der Waals surface area contributed by atoms with E-state index in [2.05, 4.69) is 4.98 Å². The Bertz CT molecular complexity index is 546. The van der Waals surface area contributed by atoms with E-state index < -0.39 is 5.97 Å². The van der Waals surface area contributed by atoms with Gasteiger partial charge in [0.1, 0.15) is 5.75 Å². The zero-order valence-corrected chi connectivity index (χ0v) is 8.58. The molecule has 0 fully saturated rings. The van der Waals surface area contributed by atoms with Crippen LogP contribution < -0.4 is 0 Å². The zero-order valence-electron chi connectivity index (χ0n) is 8.58. The number of benzene rings is 1. The third-order valence-electron chi connectivity index (χ3n) is 2.32. The molecule has 0 saturated heterocycles. The molecule has 5 heteroatoms. The molecule has 0 atom stereocenters. The first-order valence-corrected chi connectivity index (χ1v) is 4.64. The molecule has 2 rings (SSSR count). The van der Waals surface area contributed by atoms with Gasteiger partial charge in [-0.15, -0.1) is 0 Å². The van der Waals surface area contributed by atoms with Crippen LogP contribution in [0.25, 0.3) is 11.3 Å². The molecule has 0 aliphatic heterocycles. The summed E-state index contributed by atoms with van der Waals surface area (Å²) >= 11 is 0. The average molecular weight is 218 g/mol. The lowest BCUT2D eigenvalue weighted by Crippen LogP contribution is -2.06. The molecule has 1 heterocycles. The fourth-order valence-electron chi connectivity index (χ4n) is 1.54. The van der Waals surface area contributed by atoms with Gasteiger partial charge in [0.2, 0.25) is 5.82 Å². The Morgan fingerprint density at radius 3 is 2.75 bits per heavy atom. The number of aromatic hydroxyl groups is 1. The number of nitrogens with zero attached hydrogens (tertiary/aromatic N) is 2.